The highest BCUT2D eigenvalue weighted by Gasteiger charge is 2.33. The molecular weight excluding hydrogens is 576 g/mol. The number of ether oxygens (including phenoxy) is 2. The predicted octanol–water partition coefficient (Wildman–Crippen LogP) is 5.45. The molecule has 39 heavy (non-hydrogen) atoms. The fourth-order valence-electron chi connectivity index (χ4n) is 4.50. The van der Waals surface area contributed by atoms with Crippen LogP contribution in [0.3, 0.4) is 0 Å². The number of carbonyl (C=O) groups is 1. The minimum atomic E-state index is -0.639. The van der Waals surface area contributed by atoms with Crippen molar-refractivity contribution in [3.63, 3.8) is 0 Å². The zero-order valence-corrected chi connectivity index (χ0v) is 24.2. The Kier molecular flexibility index (Phi) is 7.95. The monoisotopic (exact) mass is 602 g/mol. The summed E-state index contributed by atoms with van der Waals surface area (Å²) < 4.78 is 14.5. The molecule has 0 fully saturated rings. The van der Waals surface area contributed by atoms with Crippen molar-refractivity contribution in [2.24, 2.45) is 4.99 Å². The normalized spacial score (nSPS) is 15.1. The van der Waals surface area contributed by atoms with Crippen LogP contribution in [0.1, 0.15) is 42.1 Å². The van der Waals surface area contributed by atoms with Gasteiger partial charge in [-0.2, -0.15) is 0 Å². The fourth-order valence-corrected chi connectivity index (χ4v) is 5.91. The number of nitrogens with zero attached hydrogens (tertiary/aromatic N) is 2. The van der Waals surface area contributed by atoms with E-state index >= 15 is 0 Å². The lowest BCUT2D eigenvalue weighted by atomic mass is 9.95. The molecule has 2 heterocycles. The molecule has 0 N–H and O–H groups in total. The molecule has 198 valence electrons. The summed E-state index contributed by atoms with van der Waals surface area (Å²) in [5.74, 6) is 0.188. The van der Waals surface area contributed by atoms with Crippen molar-refractivity contribution in [3.8, 4) is 5.75 Å². The SMILES string of the molecule is CCOC(=O)C1=C(C)N=c2s/c(=C/c3cc(Br)ccc3OCc3ccccc3)c(=O)n2[C@H]1c1ccc(C)cc1. The van der Waals surface area contributed by atoms with Gasteiger partial charge in [0.1, 0.15) is 12.4 Å². The molecule has 0 unspecified atom stereocenters. The first-order valence-corrected chi connectivity index (χ1v) is 14.2. The first-order chi connectivity index (χ1) is 18.9. The van der Waals surface area contributed by atoms with E-state index in [1.807, 2.05) is 85.8 Å². The third-order valence-electron chi connectivity index (χ3n) is 6.41. The topological polar surface area (TPSA) is 69.9 Å². The van der Waals surface area contributed by atoms with Crippen molar-refractivity contribution in [2.75, 3.05) is 6.61 Å². The van der Waals surface area contributed by atoms with Crippen LogP contribution in [0.5, 0.6) is 5.75 Å². The second-order valence-electron chi connectivity index (χ2n) is 9.17. The number of fused-ring (bicyclic) bond motifs is 1. The van der Waals surface area contributed by atoms with E-state index in [0.29, 0.717) is 33.0 Å². The highest BCUT2D eigenvalue weighted by Crippen LogP contribution is 2.31. The summed E-state index contributed by atoms with van der Waals surface area (Å²) in [5.41, 5.74) is 4.40. The number of benzene rings is 3. The largest absolute Gasteiger partial charge is 0.488 e. The lowest BCUT2D eigenvalue weighted by Gasteiger charge is -2.24. The molecule has 0 saturated heterocycles. The van der Waals surface area contributed by atoms with Gasteiger partial charge in [-0.15, -0.1) is 0 Å². The number of hydrogen-bond acceptors (Lipinski definition) is 6. The van der Waals surface area contributed by atoms with Gasteiger partial charge in [0.2, 0.25) is 0 Å². The maximum atomic E-state index is 13.9. The van der Waals surface area contributed by atoms with Gasteiger partial charge in [0.05, 0.1) is 28.5 Å². The highest BCUT2D eigenvalue weighted by atomic mass is 79.9. The number of rotatable bonds is 7. The van der Waals surface area contributed by atoms with Gasteiger partial charge in [0.25, 0.3) is 5.56 Å². The second kappa shape index (κ2) is 11.6. The Bertz CT molecular complexity index is 1740. The van der Waals surface area contributed by atoms with Crippen LogP contribution in [0.4, 0.5) is 0 Å². The second-order valence-corrected chi connectivity index (χ2v) is 11.1. The quantitative estimate of drug-likeness (QED) is 0.264. The van der Waals surface area contributed by atoms with E-state index in [9.17, 15) is 9.59 Å². The molecule has 0 radical (unpaired) electrons. The standard InChI is InChI=1S/C31H27BrN2O4S/c1-4-37-30(36)27-20(3)33-31-34(28(27)22-12-10-19(2)11-13-22)29(35)26(39-31)17-23-16-24(32)14-15-25(23)38-18-21-8-6-5-7-9-21/h5-17,28H,4,18H2,1-3H3/b26-17+/t28-/m0/s1. The molecule has 5 rings (SSSR count). The summed E-state index contributed by atoms with van der Waals surface area (Å²) in [6.07, 6.45) is 1.82. The Labute approximate surface area is 238 Å². The van der Waals surface area contributed by atoms with Gasteiger partial charge in [-0.1, -0.05) is 87.4 Å². The average Bonchev–Trinajstić information content (AvgIpc) is 3.22. The third-order valence-corrected chi connectivity index (χ3v) is 7.88. The molecule has 6 nitrogen and oxygen atoms in total. The van der Waals surface area contributed by atoms with Crippen molar-refractivity contribution < 1.29 is 14.3 Å². The highest BCUT2D eigenvalue weighted by molar-refractivity contribution is 9.10. The number of hydrogen-bond donors (Lipinski definition) is 0. The molecule has 1 aliphatic rings. The summed E-state index contributed by atoms with van der Waals surface area (Å²) in [6.45, 7) is 6.18. The Hall–Kier alpha value is -3.75. The Morgan fingerprint density at radius 2 is 1.82 bits per heavy atom. The summed E-state index contributed by atoms with van der Waals surface area (Å²) in [6, 6.07) is 22.8. The average molecular weight is 604 g/mol. The van der Waals surface area contributed by atoms with Gasteiger partial charge in [-0.25, -0.2) is 9.79 Å². The van der Waals surface area contributed by atoms with E-state index in [1.165, 1.54) is 11.3 Å². The zero-order valence-electron chi connectivity index (χ0n) is 21.8. The lowest BCUT2D eigenvalue weighted by Crippen LogP contribution is -2.39. The third kappa shape index (κ3) is 5.67. The van der Waals surface area contributed by atoms with E-state index in [0.717, 1.165) is 26.7 Å². The van der Waals surface area contributed by atoms with E-state index in [1.54, 1.807) is 18.4 Å². The van der Waals surface area contributed by atoms with Crippen LogP contribution in [-0.4, -0.2) is 17.1 Å². The number of carbonyl (C=O) groups excluding carboxylic acids is 1. The van der Waals surface area contributed by atoms with Gasteiger partial charge in [0, 0.05) is 10.0 Å². The smallest absolute Gasteiger partial charge is 0.338 e. The van der Waals surface area contributed by atoms with Crippen LogP contribution in [-0.2, 0) is 16.1 Å². The summed E-state index contributed by atoms with van der Waals surface area (Å²) >= 11 is 4.83. The number of aryl methyl sites for hydroxylation is 1. The van der Waals surface area contributed by atoms with Crippen molar-refractivity contribution in [1.82, 2.24) is 4.57 Å². The predicted molar refractivity (Wildman–Crippen MR) is 156 cm³/mol. The molecule has 0 spiro atoms. The number of thiazole rings is 1. The molecule has 1 aliphatic heterocycles. The molecule has 8 heteroatoms. The molecule has 3 aromatic carbocycles. The van der Waals surface area contributed by atoms with Crippen LogP contribution < -0.4 is 19.6 Å². The fraction of sp³-hybridized carbons (Fsp3) is 0.194. The van der Waals surface area contributed by atoms with Crippen LogP contribution in [0, 0.1) is 6.92 Å². The minimum absolute atomic E-state index is 0.229. The minimum Gasteiger partial charge on any atom is -0.488 e. The summed E-state index contributed by atoms with van der Waals surface area (Å²) in [4.78, 5) is 32.2. The molecule has 0 saturated carbocycles. The van der Waals surface area contributed by atoms with Crippen molar-refractivity contribution in [2.45, 2.75) is 33.4 Å². The number of halogens is 1. The first-order valence-electron chi connectivity index (χ1n) is 12.6. The van der Waals surface area contributed by atoms with E-state index in [2.05, 4.69) is 20.9 Å². The lowest BCUT2D eigenvalue weighted by molar-refractivity contribution is -0.139. The van der Waals surface area contributed by atoms with Gasteiger partial charge < -0.3 is 9.47 Å². The van der Waals surface area contributed by atoms with Gasteiger partial charge in [0.15, 0.2) is 4.80 Å². The molecule has 1 aromatic heterocycles. The first kappa shape index (κ1) is 26.8. The van der Waals surface area contributed by atoms with Gasteiger partial charge in [-0.3, -0.25) is 9.36 Å². The summed E-state index contributed by atoms with van der Waals surface area (Å²) in [5, 5.41) is 0. The number of esters is 1. The van der Waals surface area contributed by atoms with E-state index < -0.39 is 12.0 Å². The van der Waals surface area contributed by atoms with Crippen molar-refractivity contribution in [3.05, 3.63) is 130 Å². The molecule has 0 bridgehead atoms. The molecule has 0 amide bonds. The number of allylic oxidation sites excluding steroid dienone is 1. The van der Waals surface area contributed by atoms with Crippen molar-refractivity contribution in [1.29, 1.82) is 0 Å². The van der Waals surface area contributed by atoms with Gasteiger partial charge >= 0.3 is 5.97 Å². The Balaban J connectivity index is 1.63. The van der Waals surface area contributed by atoms with Crippen LogP contribution >= 0.6 is 27.3 Å². The Morgan fingerprint density at radius 3 is 2.54 bits per heavy atom. The maximum absolute atomic E-state index is 13.9. The molecule has 4 aromatic rings. The summed E-state index contributed by atoms with van der Waals surface area (Å²) in [7, 11) is 0. The molecule has 0 aliphatic carbocycles. The zero-order chi connectivity index (χ0) is 27.5. The maximum Gasteiger partial charge on any atom is 0.338 e. The van der Waals surface area contributed by atoms with Crippen LogP contribution in [0.25, 0.3) is 6.08 Å². The van der Waals surface area contributed by atoms with E-state index in [-0.39, 0.29) is 12.2 Å². The van der Waals surface area contributed by atoms with E-state index in [4.69, 9.17) is 9.47 Å². The number of aromatic nitrogens is 1. The van der Waals surface area contributed by atoms with Gasteiger partial charge in [-0.05, 0) is 56.2 Å². The Morgan fingerprint density at radius 1 is 1.08 bits per heavy atom. The molecule has 1 atom stereocenters. The van der Waals surface area contributed by atoms with Crippen molar-refractivity contribution >= 4 is 39.3 Å². The van der Waals surface area contributed by atoms with Crippen LogP contribution in [0.2, 0.25) is 0 Å². The molecular formula is C31H27BrN2O4S. The van der Waals surface area contributed by atoms with Crippen LogP contribution in [0.15, 0.2) is 98.3 Å².